The van der Waals surface area contributed by atoms with Crippen LogP contribution < -0.4 is 4.74 Å². The molecule has 94 valence electrons. The van der Waals surface area contributed by atoms with E-state index < -0.39 is 0 Å². The number of hydrogen-bond donors (Lipinski definition) is 1. The summed E-state index contributed by atoms with van der Waals surface area (Å²) in [6.07, 6.45) is 4.77. The highest BCUT2D eigenvalue weighted by molar-refractivity contribution is 5.85. The van der Waals surface area contributed by atoms with E-state index in [1.54, 1.807) is 13.3 Å². The van der Waals surface area contributed by atoms with Gasteiger partial charge in [-0.1, -0.05) is 0 Å². The standard InChI is InChI=1S/C12H17N3O.ClH/c1-15(2)5-4-9-7-13-12-11(9)6-10(16-3)8-14-12;/h6-8H,4-5H2,1-3H3,(H,13,14);1H. The molecule has 2 aromatic heterocycles. The molecule has 0 aliphatic rings. The van der Waals surface area contributed by atoms with E-state index in [0.717, 1.165) is 29.7 Å². The van der Waals surface area contributed by atoms with Crippen molar-refractivity contribution < 1.29 is 4.74 Å². The van der Waals surface area contributed by atoms with Crippen LogP contribution in [-0.4, -0.2) is 42.6 Å². The first-order chi connectivity index (χ1) is 7.70. The molecule has 0 saturated carbocycles. The maximum absolute atomic E-state index is 5.19. The molecule has 1 N–H and O–H groups in total. The molecule has 0 saturated heterocycles. The van der Waals surface area contributed by atoms with Gasteiger partial charge in [0.15, 0.2) is 0 Å². The quantitative estimate of drug-likeness (QED) is 0.910. The number of halogens is 1. The summed E-state index contributed by atoms with van der Waals surface area (Å²) in [6.45, 7) is 1.03. The van der Waals surface area contributed by atoms with Crippen LogP contribution in [-0.2, 0) is 6.42 Å². The van der Waals surface area contributed by atoms with Crippen LogP contribution in [0.3, 0.4) is 0 Å². The van der Waals surface area contributed by atoms with Gasteiger partial charge in [-0.25, -0.2) is 4.98 Å². The Balaban J connectivity index is 0.00000144. The lowest BCUT2D eigenvalue weighted by Gasteiger charge is -2.08. The van der Waals surface area contributed by atoms with Crippen molar-refractivity contribution in [1.29, 1.82) is 0 Å². The van der Waals surface area contributed by atoms with Gasteiger partial charge >= 0.3 is 0 Å². The lowest BCUT2D eigenvalue weighted by Crippen LogP contribution is -2.14. The summed E-state index contributed by atoms with van der Waals surface area (Å²) in [7, 11) is 5.82. The van der Waals surface area contributed by atoms with Gasteiger partial charge in [-0.05, 0) is 32.1 Å². The van der Waals surface area contributed by atoms with Crippen LogP contribution in [0.15, 0.2) is 18.5 Å². The number of H-pyrrole nitrogens is 1. The van der Waals surface area contributed by atoms with Crippen LogP contribution in [0.4, 0.5) is 0 Å². The molecule has 2 aromatic rings. The Labute approximate surface area is 107 Å². The number of ether oxygens (including phenoxy) is 1. The second-order valence-corrected chi connectivity index (χ2v) is 4.14. The minimum absolute atomic E-state index is 0. The van der Waals surface area contributed by atoms with Gasteiger partial charge in [0, 0.05) is 18.1 Å². The summed E-state index contributed by atoms with van der Waals surface area (Å²) >= 11 is 0. The molecule has 5 heteroatoms. The normalized spacial score (nSPS) is 10.6. The zero-order valence-electron chi connectivity index (χ0n) is 10.4. The largest absolute Gasteiger partial charge is 0.495 e. The Morgan fingerprint density at radius 2 is 2.18 bits per heavy atom. The summed E-state index contributed by atoms with van der Waals surface area (Å²) in [4.78, 5) is 9.66. The van der Waals surface area contributed by atoms with Crippen LogP contribution in [0.2, 0.25) is 0 Å². The number of hydrogen-bond acceptors (Lipinski definition) is 3. The van der Waals surface area contributed by atoms with Crippen molar-refractivity contribution >= 4 is 23.4 Å². The van der Waals surface area contributed by atoms with E-state index in [1.165, 1.54) is 5.56 Å². The molecule has 0 radical (unpaired) electrons. The Bertz CT molecular complexity index is 482. The Kier molecular flexibility index (Phi) is 4.78. The minimum atomic E-state index is 0. The fourth-order valence-corrected chi connectivity index (χ4v) is 1.70. The topological polar surface area (TPSA) is 41.1 Å². The van der Waals surface area contributed by atoms with Crippen molar-refractivity contribution in [3.05, 3.63) is 24.0 Å². The number of nitrogens with one attached hydrogen (secondary N) is 1. The number of rotatable bonds is 4. The van der Waals surface area contributed by atoms with Gasteiger partial charge in [-0.15, -0.1) is 12.4 Å². The average molecular weight is 256 g/mol. The smallest absolute Gasteiger partial charge is 0.137 e. The number of fused-ring (bicyclic) bond motifs is 1. The molecule has 0 atom stereocenters. The first-order valence-corrected chi connectivity index (χ1v) is 5.35. The van der Waals surface area contributed by atoms with E-state index in [1.807, 2.05) is 12.3 Å². The van der Waals surface area contributed by atoms with Crippen LogP contribution in [0, 0.1) is 0 Å². The number of aromatic nitrogens is 2. The monoisotopic (exact) mass is 255 g/mol. The van der Waals surface area contributed by atoms with Crippen molar-refractivity contribution in [3.8, 4) is 5.75 Å². The zero-order valence-corrected chi connectivity index (χ0v) is 11.2. The Hall–Kier alpha value is -1.26. The minimum Gasteiger partial charge on any atom is -0.495 e. The maximum atomic E-state index is 5.19. The second kappa shape index (κ2) is 5.89. The van der Waals surface area contributed by atoms with Crippen LogP contribution in [0.5, 0.6) is 5.75 Å². The van der Waals surface area contributed by atoms with Crippen molar-refractivity contribution in [2.75, 3.05) is 27.7 Å². The van der Waals surface area contributed by atoms with Crippen molar-refractivity contribution in [2.24, 2.45) is 0 Å². The molecule has 0 bridgehead atoms. The van der Waals surface area contributed by atoms with E-state index >= 15 is 0 Å². The summed E-state index contributed by atoms with van der Waals surface area (Å²) < 4.78 is 5.19. The third-order valence-electron chi connectivity index (χ3n) is 2.66. The van der Waals surface area contributed by atoms with E-state index in [4.69, 9.17) is 4.74 Å². The molecule has 0 aromatic carbocycles. The molecule has 0 fully saturated rings. The lowest BCUT2D eigenvalue weighted by atomic mass is 10.1. The predicted molar refractivity (Wildman–Crippen MR) is 72.2 cm³/mol. The zero-order chi connectivity index (χ0) is 11.5. The molecule has 2 heterocycles. The van der Waals surface area contributed by atoms with Gasteiger partial charge in [-0.3, -0.25) is 0 Å². The lowest BCUT2D eigenvalue weighted by molar-refractivity contribution is 0.412. The van der Waals surface area contributed by atoms with Gasteiger partial charge in [0.25, 0.3) is 0 Å². The highest BCUT2D eigenvalue weighted by atomic mass is 35.5. The Morgan fingerprint density at radius 3 is 2.82 bits per heavy atom. The molecule has 17 heavy (non-hydrogen) atoms. The van der Waals surface area contributed by atoms with E-state index in [2.05, 4.69) is 29.0 Å². The van der Waals surface area contributed by atoms with Gasteiger partial charge in [0.2, 0.25) is 0 Å². The number of likely N-dealkylation sites (N-methyl/N-ethyl adjacent to an activating group) is 1. The fraction of sp³-hybridized carbons (Fsp3) is 0.417. The fourth-order valence-electron chi connectivity index (χ4n) is 1.70. The van der Waals surface area contributed by atoms with Crippen molar-refractivity contribution in [2.45, 2.75) is 6.42 Å². The summed E-state index contributed by atoms with van der Waals surface area (Å²) in [6, 6.07) is 2.03. The van der Waals surface area contributed by atoms with Gasteiger partial charge in [-0.2, -0.15) is 0 Å². The highest BCUT2D eigenvalue weighted by Crippen LogP contribution is 2.21. The molecule has 0 aliphatic heterocycles. The second-order valence-electron chi connectivity index (χ2n) is 4.14. The van der Waals surface area contributed by atoms with Crippen LogP contribution >= 0.6 is 12.4 Å². The first kappa shape index (κ1) is 13.8. The van der Waals surface area contributed by atoms with Crippen LogP contribution in [0.1, 0.15) is 5.56 Å². The first-order valence-electron chi connectivity index (χ1n) is 5.35. The number of pyridine rings is 1. The summed E-state index contributed by atoms with van der Waals surface area (Å²) in [5.74, 6) is 0.804. The average Bonchev–Trinajstić information content (AvgIpc) is 2.68. The molecule has 0 aliphatic carbocycles. The van der Waals surface area contributed by atoms with E-state index in [9.17, 15) is 0 Å². The number of methoxy groups -OCH3 is 1. The molecule has 4 nitrogen and oxygen atoms in total. The maximum Gasteiger partial charge on any atom is 0.137 e. The Morgan fingerprint density at radius 1 is 1.41 bits per heavy atom. The third-order valence-corrected chi connectivity index (χ3v) is 2.66. The SMILES string of the molecule is COc1cnc2[nH]cc(CCN(C)C)c2c1.Cl. The van der Waals surface area contributed by atoms with Crippen molar-refractivity contribution in [1.82, 2.24) is 14.9 Å². The number of nitrogens with zero attached hydrogens (tertiary/aromatic N) is 2. The van der Waals surface area contributed by atoms with Gasteiger partial charge < -0.3 is 14.6 Å². The molecule has 0 unspecified atom stereocenters. The molecule has 0 amide bonds. The summed E-state index contributed by atoms with van der Waals surface area (Å²) in [5, 5.41) is 1.15. The molecule has 2 rings (SSSR count). The van der Waals surface area contributed by atoms with Crippen LogP contribution in [0.25, 0.3) is 11.0 Å². The molecule has 0 spiro atoms. The number of aromatic amines is 1. The van der Waals surface area contributed by atoms with E-state index in [-0.39, 0.29) is 12.4 Å². The summed E-state index contributed by atoms with van der Waals surface area (Å²) in [5.41, 5.74) is 2.21. The van der Waals surface area contributed by atoms with Gasteiger partial charge in [0.05, 0.1) is 13.3 Å². The predicted octanol–water partition coefficient (Wildman–Crippen LogP) is 2.10. The molecular formula is C12H18ClN3O. The highest BCUT2D eigenvalue weighted by Gasteiger charge is 2.06. The third kappa shape index (κ3) is 3.11. The van der Waals surface area contributed by atoms with Gasteiger partial charge in [0.1, 0.15) is 11.4 Å². The van der Waals surface area contributed by atoms with E-state index in [0.29, 0.717) is 0 Å². The molecular weight excluding hydrogens is 238 g/mol. The van der Waals surface area contributed by atoms with Crippen molar-refractivity contribution in [3.63, 3.8) is 0 Å².